The number of hydrogen-bond donors (Lipinski definition) is 0. The molecule has 1 fully saturated rings. The standard InChI is InChI=1S/C22H28N2O3/c1-4-26-20-13-8-17(16-21(20)27-5-2)22(25)23(3)18-9-11-19(12-10-18)24-14-6-7-15-24/h8-13,16H,4-7,14-15H2,1-3H3. The first-order valence-electron chi connectivity index (χ1n) is 9.66. The van der Waals surface area contributed by atoms with Gasteiger partial charge in [0.15, 0.2) is 11.5 Å². The van der Waals surface area contributed by atoms with Crippen molar-refractivity contribution in [1.29, 1.82) is 0 Å². The second-order valence-corrected chi connectivity index (χ2v) is 6.60. The predicted molar refractivity (Wildman–Crippen MR) is 109 cm³/mol. The number of anilines is 2. The van der Waals surface area contributed by atoms with Crippen LogP contribution >= 0.6 is 0 Å². The zero-order chi connectivity index (χ0) is 19.2. The Balaban J connectivity index is 1.77. The summed E-state index contributed by atoms with van der Waals surface area (Å²) >= 11 is 0. The zero-order valence-electron chi connectivity index (χ0n) is 16.4. The Labute approximate surface area is 161 Å². The SMILES string of the molecule is CCOc1ccc(C(=O)N(C)c2ccc(N3CCCC3)cc2)cc1OCC. The van der Waals surface area contributed by atoms with Gasteiger partial charge in [-0.1, -0.05) is 0 Å². The molecule has 0 aromatic heterocycles. The van der Waals surface area contributed by atoms with Crippen molar-refractivity contribution in [1.82, 2.24) is 0 Å². The molecule has 0 atom stereocenters. The van der Waals surface area contributed by atoms with Crippen molar-refractivity contribution in [3.63, 3.8) is 0 Å². The molecule has 2 aromatic rings. The molecular weight excluding hydrogens is 340 g/mol. The maximum Gasteiger partial charge on any atom is 0.258 e. The van der Waals surface area contributed by atoms with Gasteiger partial charge in [0.2, 0.25) is 0 Å². The quantitative estimate of drug-likeness (QED) is 0.728. The van der Waals surface area contributed by atoms with Crippen molar-refractivity contribution in [2.75, 3.05) is 43.2 Å². The zero-order valence-corrected chi connectivity index (χ0v) is 16.4. The molecule has 5 heteroatoms. The topological polar surface area (TPSA) is 42.0 Å². The van der Waals surface area contributed by atoms with Crippen LogP contribution in [0.3, 0.4) is 0 Å². The summed E-state index contributed by atoms with van der Waals surface area (Å²) in [5.74, 6) is 1.18. The average Bonchev–Trinajstić information content (AvgIpc) is 3.23. The number of rotatable bonds is 7. The van der Waals surface area contributed by atoms with E-state index in [-0.39, 0.29) is 5.91 Å². The molecule has 27 heavy (non-hydrogen) atoms. The Morgan fingerprint density at radius 1 is 0.963 bits per heavy atom. The molecule has 1 heterocycles. The van der Waals surface area contributed by atoms with Crippen molar-refractivity contribution in [3.05, 3.63) is 48.0 Å². The second kappa shape index (κ2) is 8.80. The van der Waals surface area contributed by atoms with E-state index in [1.807, 2.05) is 26.0 Å². The molecule has 0 N–H and O–H groups in total. The van der Waals surface area contributed by atoms with E-state index in [4.69, 9.17) is 9.47 Å². The molecule has 1 saturated heterocycles. The Kier molecular flexibility index (Phi) is 6.22. The van der Waals surface area contributed by atoms with Gasteiger partial charge < -0.3 is 19.3 Å². The Hall–Kier alpha value is -2.69. The van der Waals surface area contributed by atoms with Crippen LogP contribution in [-0.4, -0.2) is 39.3 Å². The Bertz CT molecular complexity index is 768. The first-order chi connectivity index (χ1) is 13.1. The summed E-state index contributed by atoms with van der Waals surface area (Å²) < 4.78 is 11.2. The smallest absolute Gasteiger partial charge is 0.258 e. The maximum absolute atomic E-state index is 12.9. The number of carbonyl (C=O) groups is 1. The molecule has 0 aliphatic carbocycles. The van der Waals surface area contributed by atoms with Crippen LogP contribution in [0.15, 0.2) is 42.5 Å². The fourth-order valence-electron chi connectivity index (χ4n) is 3.36. The van der Waals surface area contributed by atoms with Crippen LogP contribution in [0.4, 0.5) is 11.4 Å². The lowest BCUT2D eigenvalue weighted by atomic mass is 10.1. The van der Waals surface area contributed by atoms with Crippen LogP contribution in [0, 0.1) is 0 Å². The van der Waals surface area contributed by atoms with E-state index < -0.39 is 0 Å². The highest BCUT2D eigenvalue weighted by Gasteiger charge is 2.17. The molecule has 144 valence electrons. The van der Waals surface area contributed by atoms with Crippen molar-refractivity contribution in [2.45, 2.75) is 26.7 Å². The van der Waals surface area contributed by atoms with E-state index in [2.05, 4.69) is 17.0 Å². The molecule has 0 spiro atoms. The van der Waals surface area contributed by atoms with E-state index in [1.165, 1.54) is 18.5 Å². The minimum absolute atomic E-state index is 0.0760. The van der Waals surface area contributed by atoms with Crippen LogP contribution in [-0.2, 0) is 0 Å². The summed E-state index contributed by atoms with van der Waals surface area (Å²) in [7, 11) is 1.80. The molecule has 3 rings (SSSR count). The largest absolute Gasteiger partial charge is 0.490 e. The third-order valence-electron chi connectivity index (χ3n) is 4.80. The highest BCUT2D eigenvalue weighted by molar-refractivity contribution is 6.06. The van der Waals surface area contributed by atoms with Crippen LogP contribution in [0.5, 0.6) is 11.5 Å². The highest BCUT2D eigenvalue weighted by Crippen LogP contribution is 2.30. The van der Waals surface area contributed by atoms with Gasteiger partial charge in [-0.15, -0.1) is 0 Å². The third-order valence-corrected chi connectivity index (χ3v) is 4.80. The molecule has 1 aliphatic rings. The summed E-state index contributed by atoms with van der Waals surface area (Å²) in [5, 5.41) is 0. The highest BCUT2D eigenvalue weighted by atomic mass is 16.5. The number of ether oxygens (including phenoxy) is 2. The van der Waals surface area contributed by atoms with Crippen molar-refractivity contribution in [2.24, 2.45) is 0 Å². The van der Waals surface area contributed by atoms with Gasteiger partial charge in [-0.05, 0) is 69.2 Å². The lowest BCUT2D eigenvalue weighted by Crippen LogP contribution is -2.26. The number of benzene rings is 2. The van der Waals surface area contributed by atoms with Gasteiger partial charge in [0.05, 0.1) is 13.2 Å². The lowest BCUT2D eigenvalue weighted by molar-refractivity contribution is 0.0992. The number of hydrogen-bond acceptors (Lipinski definition) is 4. The maximum atomic E-state index is 12.9. The summed E-state index contributed by atoms with van der Waals surface area (Å²) in [6, 6.07) is 13.5. The lowest BCUT2D eigenvalue weighted by Gasteiger charge is -2.21. The number of amides is 1. The predicted octanol–water partition coefficient (Wildman–Crippen LogP) is 4.36. The van der Waals surface area contributed by atoms with Gasteiger partial charge in [0, 0.05) is 37.1 Å². The van der Waals surface area contributed by atoms with Gasteiger partial charge in [0.1, 0.15) is 0 Å². The molecule has 2 aromatic carbocycles. The molecule has 0 unspecified atom stereocenters. The van der Waals surface area contributed by atoms with Crippen molar-refractivity contribution < 1.29 is 14.3 Å². The molecule has 1 aliphatic heterocycles. The fraction of sp³-hybridized carbons (Fsp3) is 0.409. The summed E-state index contributed by atoms with van der Waals surface area (Å²) in [6.07, 6.45) is 2.50. The number of nitrogens with zero attached hydrogens (tertiary/aromatic N) is 2. The molecule has 0 bridgehead atoms. The molecule has 1 amide bonds. The van der Waals surface area contributed by atoms with Crippen LogP contribution < -0.4 is 19.3 Å². The molecular formula is C22H28N2O3. The average molecular weight is 368 g/mol. The monoisotopic (exact) mass is 368 g/mol. The minimum atomic E-state index is -0.0760. The van der Waals surface area contributed by atoms with Crippen LogP contribution in [0.2, 0.25) is 0 Å². The first-order valence-corrected chi connectivity index (χ1v) is 9.66. The van der Waals surface area contributed by atoms with E-state index in [0.29, 0.717) is 30.3 Å². The van der Waals surface area contributed by atoms with E-state index in [1.54, 1.807) is 30.1 Å². The van der Waals surface area contributed by atoms with Gasteiger partial charge in [-0.25, -0.2) is 0 Å². The summed E-state index contributed by atoms with van der Waals surface area (Å²) in [4.78, 5) is 17.0. The first kappa shape index (κ1) is 19.1. The van der Waals surface area contributed by atoms with E-state index >= 15 is 0 Å². The Morgan fingerprint density at radius 2 is 1.59 bits per heavy atom. The second-order valence-electron chi connectivity index (χ2n) is 6.60. The molecule has 0 saturated carbocycles. The van der Waals surface area contributed by atoms with Crippen molar-refractivity contribution >= 4 is 17.3 Å². The number of carbonyl (C=O) groups excluding carboxylic acids is 1. The van der Waals surface area contributed by atoms with E-state index in [9.17, 15) is 4.79 Å². The van der Waals surface area contributed by atoms with Crippen LogP contribution in [0.25, 0.3) is 0 Å². The minimum Gasteiger partial charge on any atom is -0.490 e. The van der Waals surface area contributed by atoms with Gasteiger partial charge in [-0.2, -0.15) is 0 Å². The van der Waals surface area contributed by atoms with Crippen molar-refractivity contribution in [3.8, 4) is 11.5 Å². The molecule has 0 radical (unpaired) electrons. The fourth-order valence-corrected chi connectivity index (χ4v) is 3.36. The van der Waals surface area contributed by atoms with Gasteiger partial charge in [0.25, 0.3) is 5.91 Å². The Morgan fingerprint density at radius 3 is 2.22 bits per heavy atom. The van der Waals surface area contributed by atoms with Gasteiger partial charge in [-0.3, -0.25) is 4.79 Å². The van der Waals surface area contributed by atoms with Gasteiger partial charge >= 0.3 is 0 Å². The van der Waals surface area contributed by atoms with Crippen LogP contribution in [0.1, 0.15) is 37.0 Å². The third kappa shape index (κ3) is 4.35. The summed E-state index contributed by atoms with van der Waals surface area (Å²) in [5.41, 5.74) is 2.67. The normalized spacial score (nSPS) is 13.5. The summed E-state index contributed by atoms with van der Waals surface area (Å²) in [6.45, 7) is 7.13. The van der Waals surface area contributed by atoms with E-state index in [0.717, 1.165) is 18.8 Å². The molecule has 5 nitrogen and oxygen atoms in total.